The lowest BCUT2D eigenvalue weighted by Gasteiger charge is -2.20. The van der Waals surface area contributed by atoms with Crippen LogP contribution in [0.25, 0.3) is 0 Å². The van der Waals surface area contributed by atoms with Gasteiger partial charge in [0.1, 0.15) is 5.41 Å². The standard InChI is InChI=1S/C14H24N2O3/c1-11(2)8-19-9-12(17)7-16-13(18)14(10-15)5-3-4-6-14/h11-12,17H,3-9H2,1-2H3,(H,16,18). The SMILES string of the molecule is CC(C)COCC(O)CNC(=O)C1(C#N)CCCC1. The number of nitrogens with one attached hydrogen (secondary N) is 1. The lowest BCUT2D eigenvalue weighted by Crippen LogP contribution is -2.42. The van der Waals surface area contributed by atoms with Crippen LogP contribution in [0, 0.1) is 22.7 Å². The number of rotatable bonds is 7. The van der Waals surface area contributed by atoms with Gasteiger partial charge < -0.3 is 15.2 Å². The average Bonchev–Trinajstić information content (AvgIpc) is 2.85. The second kappa shape index (κ2) is 7.46. The van der Waals surface area contributed by atoms with E-state index < -0.39 is 11.5 Å². The maximum atomic E-state index is 12.0. The molecule has 0 aliphatic heterocycles. The minimum atomic E-state index is -0.876. The molecule has 0 spiro atoms. The summed E-state index contributed by atoms with van der Waals surface area (Å²) < 4.78 is 5.30. The third-order valence-corrected chi connectivity index (χ3v) is 3.37. The molecule has 1 amide bonds. The summed E-state index contributed by atoms with van der Waals surface area (Å²) in [6.45, 7) is 5.00. The first kappa shape index (κ1) is 15.9. The lowest BCUT2D eigenvalue weighted by atomic mass is 9.87. The molecule has 0 aromatic heterocycles. The zero-order valence-electron chi connectivity index (χ0n) is 11.8. The minimum absolute atomic E-state index is 0.139. The Bertz CT molecular complexity index is 330. The van der Waals surface area contributed by atoms with E-state index in [0.717, 1.165) is 12.8 Å². The second-order valence-corrected chi connectivity index (χ2v) is 5.70. The number of carbonyl (C=O) groups is 1. The van der Waals surface area contributed by atoms with Crippen LogP contribution in [-0.2, 0) is 9.53 Å². The van der Waals surface area contributed by atoms with Gasteiger partial charge in [-0.1, -0.05) is 26.7 Å². The molecule has 108 valence electrons. The van der Waals surface area contributed by atoms with Crippen LogP contribution in [0.2, 0.25) is 0 Å². The van der Waals surface area contributed by atoms with Crippen LogP contribution in [0.15, 0.2) is 0 Å². The smallest absolute Gasteiger partial charge is 0.240 e. The fourth-order valence-electron chi connectivity index (χ4n) is 2.25. The van der Waals surface area contributed by atoms with Crippen molar-refractivity contribution >= 4 is 5.91 Å². The van der Waals surface area contributed by atoms with E-state index >= 15 is 0 Å². The molecule has 5 nitrogen and oxygen atoms in total. The fraction of sp³-hybridized carbons (Fsp3) is 0.857. The molecule has 1 rings (SSSR count). The number of nitrogens with zero attached hydrogens (tertiary/aromatic N) is 1. The third kappa shape index (κ3) is 4.81. The van der Waals surface area contributed by atoms with E-state index in [1.165, 1.54) is 0 Å². The van der Waals surface area contributed by atoms with Crippen molar-refractivity contribution < 1.29 is 14.6 Å². The van der Waals surface area contributed by atoms with Crippen LogP contribution >= 0.6 is 0 Å². The zero-order valence-corrected chi connectivity index (χ0v) is 11.8. The zero-order chi connectivity index (χ0) is 14.3. The van der Waals surface area contributed by atoms with Crippen LogP contribution in [-0.4, -0.2) is 36.9 Å². The largest absolute Gasteiger partial charge is 0.389 e. The first-order chi connectivity index (χ1) is 9.00. The highest BCUT2D eigenvalue weighted by molar-refractivity contribution is 5.85. The Labute approximate surface area is 114 Å². The fourth-order valence-corrected chi connectivity index (χ4v) is 2.25. The summed E-state index contributed by atoms with van der Waals surface area (Å²) in [5, 5.41) is 21.5. The van der Waals surface area contributed by atoms with Crippen molar-refractivity contribution in [3.63, 3.8) is 0 Å². The van der Waals surface area contributed by atoms with Crippen molar-refractivity contribution in [2.75, 3.05) is 19.8 Å². The van der Waals surface area contributed by atoms with Gasteiger partial charge in [-0.2, -0.15) is 5.26 Å². The summed E-state index contributed by atoms with van der Waals surface area (Å²) in [6, 6.07) is 2.13. The van der Waals surface area contributed by atoms with Gasteiger partial charge in [-0.15, -0.1) is 0 Å². The van der Waals surface area contributed by atoms with E-state index in [0.29, 0.717) is 25.4 Å². The highest BCUT2D eigenvalue weighted by Crippen LogP contribution is 2.37. The summed E-state index contributed by atoms with van der Waals surface area (Å²) in [4.78, 5) is 12.0. The highest BCUT2D eigenvalue weighted by atomic mass is 16.5. The molecule has 1 aliphatic carbocycles. The number of nitriles is 1. The Kier molecular flexibility index (Phi) is 6.26. The predicted octanol–water partition coefficient (Wildman–Crippen LogP) is 1.22. The van der Waals surface area contributed by atoms with E-state index in [-0.39, 0.29) is 19.1 Å². The Morgan fingerprint density at radius 1 is 1.42 bits per heavy atom. The van der Waals surface area contributed by atoms with Crippen LogP contribution in [0.5, 0.6) is 0 Å². The Balaban J connectivity index is 2.28. The number of aliphatic hydroxyl groups excluding tert-OH is 1. The molecule has 0 bridgehead atoms. The van der Waals surface area contributed by atoms with Gasteiger partial charge in [0.25, 0.3) is 0 Å². The number of hydrogen-bond acceptors (Lipinski definition) is 4. The molecule has 0 saturated heterocycles. The maximum Gasteiger partial charge on any atom is 0.240 e. The molecule has 1 unspecified atom stereocenters. The summed E-state index contributed by atoms with van der Waals surface area (Å²) in [5.74, 6) is 0.164. The van der Waals surface area contributed by atoms with E-state index in [1.54, 1.807) is 0 Å². The van der Waals surface area contributed by atoms with Crippen LogP contribution < -0.4 is 5.32 Å². The molecular weight excluding hydrogens is 244 g/mol. The molecular formula is C14H24N2O3. The molecule has 0 heterocycles. The average molecular weight is 268 g/mol. The van der Waals surface area contributed by atoms with Crippen molar-refractivity contribution in [1.82, 2.24) is 5.32 Å². The van der Waals surface area contributed by atoms with Gasteiger partial charge >= 0.3 is 0 Å². The first-order valence-electron chi connectivity index (χ1n) is 6.95. The summed E-state index contributed by atoms with van der Waals surface area (Å²) >= 11 is 0. The van der Waals surface area contributed by atoms with E-state index in [4.69, 9.17) is 10.00 Å². The Morgan fingerprint density at radius 3 is 2.58 bits per heavy atom. The predicted molar refractivity (Wildman–Crippen MR) is 71.2 cm³/mol. The summed E-state index contributed by atoms with van der Waals surface area (Å²) in [6.07, 6.45) is 2.35. The van der Waals surface area contributed by atoms with Crippen LogP contribution in [0.1, 0.15) is 39.5 Å². The monoisotopic (exact) mass is 268 g/mol. The van der Waals surface area contributed by atoms with Crippen molar-refractivity contribution in [2.45, 2.75) is 45.6 Å². The highest BCUT2D eigenvalue weighted by Gasteiger charge is 2.41. The number of hydrogen-bond donors (Lipinski definition) is 2. The van der Waals surface area contributed by atoms with Gasteiger partial charge in [0.15, 0.2) is 0 Å². The topological polar surface area (TPSA) is 82.3 Å². The van der Waals surface area contributed by atoms with E-state index in [9.17, 15) is 9.90 Å². The van der Waals surface area contributed by atoms with Gasteiger partial charge in [-0.25, -0.2) is 0 Å². The van der Waals surface area contributed by atoms with Gasteiger partial charge in [-0.05, 0) is 18.8 Å². The van der Waals surface area contributed by atoms with E-state index in [1.807, 2.05) is 13.8 Å². The molecule has 19 heavy (non-hydrogen) atoms. The van der Waals surface area contributed by atoms with E-state index in [2.05, 4.69) is 11.4 Å². The van der Waals surface area contributed by atoms with Crippen molar-refractivity contribution in [1.29, 1.82) is 5.26 Å². The maximum absolute atomic E-state index is 12.0. The Morgan fingerprint density at radius 2 is 2.05 bits per heavy atom. The minimum Gasteiger partial charge on any atom is -0.389 e. The number of ether oxygens (including phenoxy) is 1. The number of aliphatic hydroxyl groups is 1. The Hall–Kier alpha value is -1.12. The van der Waals surface area contributed by atoms with Gasteiger partial charge in [0.05, 0.1) is 18.8 Å². The summed E-state index contributed by atoms with van der Waals surface area (Å²) in [7, 11) is 0. The molecule has 0 aromatic carbocycles. The first-order valence-corrected chi connectivity index (χ1v) is 6.95. The van der Waals surface area contributed by atoms with Crippen molar-refractivity contribution in [2.24, 2.45) is 11.3 Å². The quantitative estimate of drug-likeness (QED) is 0.727. The van der Waals surface area contributed by atoms with Gasteiger partial charge in [0.2, 0.25) is 5.91 Å². The molecule has 1 atom stereocenters. The molecule has 1 fully saturated rings. The molecule has 1 saturated carbocycles. The second-order valence-electron chi connectivity index (χ2n) is 5.70. The third-order valence-electron chi connectivity index (χ3n) is 3.37. The molecule has 0 radical (unpaired) electrons. The lowest BCUT2D eigenvalue weighted by molar-refractivity contribution is -0.128. The molecule has 5 heteroatoms. The normalized spacial score (nSPS) is 19.1. The number of carbonyl (C=O) groups excluding carboxylic acids is 1. The summed E-state index contributed by atoms with van der Waals surface area (Å²) in [5.41, 5.74) is -0.876. The van der Waals surface area contributed by atoms with Crippen LogP contribution in [0.3, 0.4) is 0 Å². The molecule has 0 aromatic rings. The molecule has 1 aliphatic rings. The van der Waals surface area contributed by atoms with Crippen LogP contribution in [0.4, 0.5) is 0 Å². The number of amides is 1. The van der Waals surface area contributed by atoms with Gasteiger partial charge in [-0.3, -0.25) is 4.79 Å². The van der Waals surface area contributed by atoms with Crippen molar-refractivity contribution in [3.8, 4) is 6.07 Å². The van der Waals surface area contributed by atoms with Crippen molar-refractivity contribution in [3.05, 3.63) is 0 Å². The molecule has 2 N–H and O–H groups in total. The van der Waals surface area contributed by atoms with Gasteiger partial charge in [0, 0.05) is 13.2 Å².